The minimum absolute atomic E-state index is 0.0509. The van der Waals surface area contributed by atoms with Crippen LogP contribution in [0.3, 0.4) is 0 Å². The summed E-state index contributed by atoms with van der Waals surface area (Å²) in [7, 11) is 0. The number of aromatic hydroxyl groups is 1. The van der Waals surface area contributed by atoms with E-state index < -0.39 is 0 Å². The molecule has 72 valence electrons. The number of imide groups is 1. The number of nitrogens with zero attached hydrogens (tertiary/aromatic N) is 1. The van der Waals surface area contributed by atoms with Crippen LogP contribution in [-0.2, 0) is 9.59 Å². The third-order valence-electron chi connectivity index (χ3n) is 2.14. The zero-order valence-corrected chi connectivity index (χ0v) is 7.43. The van der Waals surface area contributed by atoms with Crippen LogP contribution in [0, 0.1) is 0 Å². The second kappa shape index (κ2) is 3.14. The molecular weight excluding hydrogens is 182 g/mol. The van der Waals surface area contributed by atoms with E-state index in [1.165, 1.54) is 12.1 Å². The standard InChI is InChI=1S/C10H9NO3/c12-8-3-1-2-7(6-8)11-9(13)4-5-10(11)14/h1-3,6,12H,4-5H2. The van der Waals surface area contributed by atoms with Crippen molar-refractivity contribution < 1.29 is 14.7 Å². The summed E-state index contributed by atoms with van der Waals surface area (Å²) in [4.78, 5) is 23.8. The van der Waals surface area contributed by atoms with Gasteiger partial charge in [-0.3, -0.25) is 14.5 Å². The van der Waals surface area contributed by atoms with Crippen molar-refractivity contribution in [3.05, 3.63) is 24.3 Å². The van der Waals surface area contributed by atoms with Gasteiger partial charge in [0.2, 0.25) is 11.8 Å². The van der Waals surface area contributed by atoms with E-state index in [4.69, 9.17) is 0 Å². The van der Waals surface area contributed by atoms with Crippen LogP contribution < -0.4 is 4.90 Å². The van der Waals surface area contributed by atoms with E-state index >= 15 is 0 Å². The molecule has 0 saturated carbocycles. The minimum atomic E-state index is -0.208. The van der Waals surface area contributed by atoms with Crippen molar-refractivity contribution in [3.63, 3.8) is 0 Å². The molecule has 0 unspecified atom stereocenters. The molecule has 1 saturated heterocycles. The Balaban J connectivity index is 2.39. The molecular formula is C10H9NO3. The molecule has 0 spiro atoms. The molecule has 2 amide bonds. The first kappa shape index (κ1) is 8.74. The average Bonchev–Trinajstić information content (AvgIpc) is 2.46. The van der Waals surface area contributed by atoms with Crippen LogP contribution in [0.4, 0.5) is 5.69 Å². The third-order valence-corrected chi connectivity index (χ3v) is 2.14. The Labute approximate surface area is 80.8 Å². The Hall–Kier alpha value is -1.84. The summed E-state index contributed by atoms with van der Waals surface area (Å²) >= 11 is 0. The minimum Gasteiger partial charge on any atom is -0.508 e. The van der Waals surface area contributed by atoms with Crippen LogP contribution in [-0.4, -0.2) is 16.9 Å². The number of phenols is 1. The highest BCUT2D eigenvalue weighted by Gasteiger charge is 2.30. The highest BCUT2D eigenvalue weighted by atomic mass is 16.3. The number of hydrogen-bond acceptors (Lipinski definition) is 3. The van der Waals surface area contributed by atoms with Crippen LogP contribution in [0.25, 0.3) is 0 Å². The van der Waals surface area contributed by atoms with Gasteiger partial charge in [-0.15, -0.1) is 0 Å². The molecule has 0 bridgehead atoms. The number of benzene rings is 1. The van der Waals surface area contributed by atoms with Crippen molar-refractivity contribution in [3.8, 4) is 5.75 Å². The number of amides is 2. The van der Waals surface area contributed by atoms with Gasteiger partial charge in [-0.05, 0) is 12.1 Å². The molecule has 0 atom stereocenters. The second-order valence-corrected chi connectivity index (χ2v) is 3.14. The van der Waals surface area contributed by atoms with Gasteiger partial charge in [0.15, 0.2) is 0 Å². The number of carbonyl (C=O) groups is 2. The summed E-state index contributed by atoms with van der Waals surface area (Å²) in [5.41, 5.74) is 0.442. The van der Waals surface area contributed by atoms with Gasteiger partial charge in [-0.1, -0.05) is 6.07 Å². The van der Waals surface area contributed by atoms with Gasteiger partial charge in [-0.2, -0.15) is 0 Å². The molecule has 1 heterocycles. The van der Waals surface area contributed by atoms with Gasteiger partial charge in [0.25, 0.3) is 0 Å². The van der Waals surface area contributed by atoms with Crippen LogP contribution in [0.15, 0.2) is 24.3 Å². The lowest BCUT2D eigenvalue weighted by Gasteiger charge is -2.13. The third kappa shape index (κ3) is 1.35. The molecule has 2 rings (SSSR count). The molecule has 1 aliphatic heterocycles. The summed E-state index contributed by atoms with van der Waals surface area (Å²) in [6, 6.07) is 6.13. The highest BCUT2D eigenvalue weighted by Crippen LogP contribution is 2.25. The van der Waals surface area contributed by atoms with Crippen molar-refractivity contribution in [1.29, 1.82) is 0 Å². The Morgan fingerprint density at radius 2 is 1.79 bits per heavy atom. The van der Waals surface area contributed by atoms with Crippen LogP contribution in [0.5, 0.6) is 5.75 Å². The molecule has 4 nitrogen and oxygen atoms in total. The molecule has 0 radical (unpaired) electrons. The Morgan fingerprint density at radius 1 is 1.14 bits per heavy atom. The summed E-state index contributed by atoms with van der Waals surface area (Å²) in [5, 5.41) is 9.20. The van der Waals surface area contributed by atoms with Crippen molar-refractivity contribution in [1.82, 2.24) is 0 Å². The SMILES string of the molecule is O=C1CCC(=O)N1c1cccc(O)c1. The number of hydrogen-bond donors (Lipinski definition) is 1. The smallest absolute Gasteiger partial charge is 0.234 e. The van der Waals surface area contributed by atoms with Crippen molar-refractivity contribution in [2.75, 3.05) is 4.90 Å². The van der Waals surface area contributed by atoms with Crippen LogP contribution >= 0.6 is 0 Å². The van der Waals surface area contributed by atoms with Crippen LogP contribution in [0.1, 0.15) is 12.8 Å². The predicted molar refractivity (Wildman–Crippen MR) is 49.8 cm³/mol. The van der Waals surface area contributed by atoms with Gasteiger partial charge < -0.3 is 5.11 Å². The lowest BCUT2D eigenvalue weighted by atomic mass is 10.3. The Morgan fingerprint density at radius 3 is 2.36 bits per heavy atom. The normalized spacial score (nSPS) is 16.4. The van der Waals surface area contributed by atoms with Crippen molar-refractivity contribution in [2.24, 2.45) is 0 Å². The quantitative estimate of drug-likeness (QED) is 0.675. The largest absolute Gasteiger partial charge is 0.508 e. The fraction of sp³-hybridized carbons (Fsp3) is 0.200. The maximum Gasteiger partial charge on any atom is 0.234 e. The zero-order valence-electron chi connectivity index (χ0n) is 7.43. The van der Waals surface area contributed by atoms with Crippen LogP contribution in [0.2, 0.25) is 0 Å². The predicted octanol–water partition coefficient (Wildman–Crippen LogP) is 1.05. The molecule has 1 N–H and O–H groups in total. The highest BCUT2D eigenvalue weighted by molar-refractivity contribution is 6.19. The molecule has 4 heteroatoms. The molecule has 1 aliphatic rings. The number of anilines is 1. The van der Waals surface area contributed by atoms with Gasteiger partial charge in [0, 0.05) is 18.9 Å². The molecule has 0 aliphatic carbocycles. The van der Waals surface area contributed by atoms with E-state index in [1.54, 1.807) is 12.1 Å². The van der Waals surface area contributed by atoms with E-state index in [-0.39, 0.29) is 30.4 Å². The van der Waals surface area contributed by atoms with E-state index in [0.29, 0.717) is 5.69 Å². The van der Waals surface area contributed by atoms with Crippen molar-refractivity contribution in [2.45, 2.75) is 12.8 Å². The van der Waals surface area contributed by atoms with Gasteiger partial charge >= 0.3 is 0 Å². The summed E-state index contributed by atoms with van der Waals surface area (Å²) in [6.45, 7) is 0. The van der Waals surface area contributed by atoms with E-state index in [2.05, 4.69) is 0 Å². The Kier molecular flexibility index (Phi) is 1.96. The summed E-state index contributed by atoms with van der Waals surface area (Å²) in [6.07, 6.45) is 0.517. The maximum atomic E-state index is 11.3. The van der Waals surface area contributed by atoms with Gasteiger partial charge in [0.05, 0.1) is 5.69 Å². The molecule has 0 aromatic heterocycles. The molecule has 1 aromatic rings. The average molecular weight is 191 g/mol. The molecule has 1 fully saturated rings. The van der Waals surface area contributed by atoms with E-state index in [1.807, 2.05) is 0 Å². The fourth-order valence-electron chi connectivity index (χ4n) is 1.50. The topological polar surface area (TPSA) is 57.6 Å². The number of carbonyl (C=O) groups excluding carboxylic acids is 2. The fourth-order valence-corrected chi connectivity index (χ4v) is 1.50. The lowest BCUT2D eigenvalue weighted by molar-refractivity contribution is -0.121. The van der Waals surface area contributed by atoms with E-state index in [9.17, 15) is 14.7 Å². The summed E-state index contributed by atoms with van der Waals surface area (Å²) < 4.78 is 0. The zero-order chi connectivity index (χ0) is 10.1. The van der Waals surface area contributed by atoms with Gasteiger partial charge in [-0.25, -0.2) is 0 Å². The first-order valence-electron chi connectivity index (χ1n) is 4.33. The summed E-state index contributed by atoms with van der Waals surface area (Å²) in [5.74, 6) is -0.365. The maximum absolute atomic E-state index is 11.3. The van der Waals surface area contributed by atoms with Crippen molar-refractivity contribution >= 4 is 17.5 Å². The first-order valence-corrected chi connectivity index (χ1v) is 4.33. The second-order valence-electron chi connectivity index (χ2n) is 3.14. The number of rotatable bonds is 1. The monoisotopic (exact) mass is 191 g/mol. The van der Waals surface area contributed by atoms with Gasteiger partial charge in [0.1, 0.15) is 5.75 Å². The first-order chi connectivity index (χ1) is 6.68. The lowest BCUT2D eigenvalue weighted by Crippen LogP contribution is -2.28. The van der Waals surface area contributed by atoms with E-state index in [0.717, 1.165) is 4.90 Å². The Bertz CT molecular complexity index is 384. The molecule has 14 heavy (non-hydrogen) atoms. The number of phenolic OH excluding ortho intramolecular Hbond substituents is 1. The molecule has 1 aromatic carbocycles.